The Morgan fingerprint density at radius 1 is 1.07 bits per heavy atom. The standard InChI is InChI=1S/C25H25N5/c1-3-7-21-17-28-30-24(14-22(4-2)29-25(21)30)27-16-18-10-12-19(13-11-18)23-9-6-5-8-20(23)15-26/h5-6,8-14,17,27H,3-4,7,16H2,1-2H3. The molecule has 0 spiro atoms. The van der Waals surface area contributed by atoms with Gasteiger partial charge in [0.1, 0.15) is 5.82 Å². The first-order chi connectivity index (χ1) is 14.7. The van der Waals surface area contributed by atoms with E-state index in [0.717, 1.165) is 53.1 Å². The normalized spacial score (nSPS) is 10.8. The number of rotatable bonds is 7. The fourth-order valence-electron chi connectivity index (χ4n) is 3.64. The average molecular weight is 396 g/mol. The zero-order valence-electron chi connectivity index (χ0n) is 17.4. The van der Waals surface area contributed by atoms with Crippen LogP contribution in [0.2, 0.25) is 0 Å². The van der Waals surface area contributed by atoms with E-state index < -0.39 is 0 Å². The third-order valence-electron chi connectivity index (χ3n) is 5.27. The molecule has 1 N–H and O–H groups in total. The monoisotopic (exact) mass is 395 g/mol. The van der Waals surface area contributed by atoms with Gasteiger partial charge in [0.05, 0.1) is 17.8 Å². The van der Waals surface area contributed by atoms with E-state index in [-0.39, 0.29) is 0 Å². The van der Waals surface area contributed by atoms with E-state index in [1.54, 1.807) is 0 Å². The molecular formula is C25H25N5. The maximum Gasteiger partial charge on any atom is 0.160 e. The Labute approximate surface area is 177 Å². The molecule has 30 heavy (non-hydrogen) atoms. The maximum absolute atomic E-state index is 9.34. The van der Waals surface area contributed by atoms with Crippen LogP contribution < -0.4 is 5.32 Å². The summed E-state index contributed by atoms with van der Waals surface area (Å²) in [5.74, 6) is 0.957. The van der Waals surface area contributed by atoms with Gasteiger partial charge in [-0.25, -0.2) is 4.98 Å². The van der Waals surface area contributed by atoms with Gasteiger partial charge < -0.3 is 5.32 Å². The van der Waals surface area contributed by atoms with Crippen LogP contribution in [-0.4, -0.2) is 14.6 Å². The van der Waals surface area contributed by atoms with Crippen LogP contribution in [0, 0.1) is 11.3 Å². The fourth-order valence-corrected chi connectivity index (χ4v) is 3.64. The Morgan fingerprint density at radius 3 is 2.60 bits per heavy atom. The van der Waals surface area contributed by atoms with Crippen molar-refractivity contribution in [1.29, 1.82) is 5.26 Å². The minimum absolute atomic E-state index is 0.686. The van der Waals surface area contributed by atoms with Crippen LogP contribution in [0.1, 0.15) is 42.7 Å². The Bertz CT molecular complexity index is 1200. The maximum atomic E-state index is 9.34. The molecule has 5 heteroatoms. The lowest BCUT2D eigenvalue weighted by atomic mass is 9.99. The Morgan fingerprint density at radius 2 is 1.87 bits per heavy atom. The Hall–Kier alpha value is -3.65. The highest BCUT2D eigenvalue weighted by atomic mass is 15.3. The summed E-state index contributed by atoms with van der Waals surface area (Å²) in [5, 5.41) is 17.4. The van der Waals surface area contributed by atoms with Crippen molar-refractivity contribution in [2.75, 3.05) is 5.32 Å². The van der Waals surface area contributed by atoms with Gasteiger partial charge in [-0.15, -0.1) is 0 Å². The summed E-state index contributed by atoms with van der Waals surface area (Å²) < 4.78 is 1.90. The van der Waals surface area contributed by atoms with E-state index in [0.29, 0.717) is 12.1 Å². The SMILES string of the molecule is CCCc1cnn2c(NCc3ccc(-c4ccccc4C#N)cc3)cc(CC)nc12. The number of nitrogens with one attached hydrogen (secondary N) is 1. The number of aromatic nitrogens is 3. The van der Waals surface area contributed by atoms with Crippen LogP contribution in [0.15, 0.2) is 60.8 Å². The fraction of sp³-hybridized carbons (Fsp3) is 0.240. The summed E-state index contributed by atoms with van der Waals surface area (Å²) in [7, 11) is 0. The second-order valence-corrected chi connectivity index (χ2v) is 7.35. The lowest BCUT2D eigenvalue weighted by molar-refractivity contribution is 0.898. The van der Waals surface area contributed by atoms with Crippen molar-refractivity contribution in [3.8, 4) is 17.2 Å². The molecule has 0 aliphatic rings. The van der Waals surface area contributed by atoms with Gasteiger partial charge in [-0.1, -0.05) is 62.7 Å². The zero-order valence-corrected chi connectivity index (χ0v) is 17.4. The largest absolute Gasteiger partial charge is 0.366 e. The first-order valence-corrected chi connectivity index (χ1v) is 10.4. The number of anilines is 1. The second-order valence-electron chi connectivity index (χ2n) is 7.35. The number of nitriles is 1. The quantitative estimate of drug-likeness (QED) is 0.455. The number of benzene rings is 2. The molecule has 0 bridgehead atoms. The van der Waals surface area contributed by atoms with Gasteiger partial charge >= 0.3 is 0 Å². The van der Waals surface area contributed by atoms with Crippen molar-refractivity contribution in [3.05, 3.63) is 83.2 Å². The second kappa shape index (κ2) is 8.79. The van der Waals surface area contributed by atoms with Gasteiger partial charge in [0.2, 0.25) is 0 Å². The van der Waals surface area contributed by atoms with Crippen molar-refractivity contribution in [1.82, 2.24) is 14.6 Å². The summed E-state index contributed by atoms with van der Waals surface area (Å²) in [5.41, 5.74) is 7.06. The first kappa shape index (κ1) is 19.7. The minimum atomic E-state index is 0.686. The number of fused-ring (bicyclic) bond motifs is 1. The van der Waals surface area contributed by atoms with Gasteiger partial charge in [-0.3, -0.25) is 0 Å². The van der Waals surface area contributed by atoms with Gasteiger partial charge in [0.15, 0.2) is 5.65 Å². The average Bonchev–Trinajstić information content (AvgIpc) is 3.21. The molecule has 2 aromatic heterocycles. The van der Waals surface area contributed by atoms with Crippen LogP contribution in [-0.2, 0) is 19.4 Å². The zero-order chi connectivity index (χ0) is 20.9. The van der Waals surface area contributed by atoms with Gasteiger partial charge in [0.25, 0.3) is 0 Å². The van der Waals surface area contributed by atoms with Crippen LogP contribution in [0.4, 0.5) is 5.82 Å². The van der Waals surface area contributed by atoms with Crippen molar-refractivity contribution in [2.45, 2.75) is 39.7 Å². The highest BCUT2D eigenvalue weighted by Crippen LogP contribution is 2.24. The van der Waals surface area contributed by atoms with Gasteiger partial charge in [0, 0.05) is 23.9 Å². The molecule has 150 valence electrons. The highest BCUT2D eigenvalue weighted by Gasteiger charge is 2.11. The third kappa shape index (κ3) is 3.90. The number of aryl methyl sites for hydroxylation is 2. The van der Waals surface area contributed by atoms with Crippen molar-refractivity contribution in [3.63, 3.8) is 0 Å². The smallest absolute Gasteiger partial charge is 0.160 e. The number of nitrogens with zero attached hydrogens (tertiary/aromatic N) is 4. The van der Waals surface area contributed by atoms with E-state index in [1.165, 1.54) is 5.56 Å². The molecule has 0 amide bonds. The molecule has 0 radical (unpaired) electrons. The minimum Gasteiger partial charge on any atom is -0.366 e. The Kier molecular flexibility index (Phi) is 5.76. The molecule has 0 aliphatic carbocycles. The summed E-state index contributed by atoms with van der Waals surface area (Å²) in [4.78, 5) is 4.78. The van der Waals surface area contributed by atoms with Gasteiger partial charge in [-0.2, -0.15) is 14.9 Å². The molecule has 0 saturated heterocycles. The lowest BCUT2D eigenvalue weighted by Crippen LogP contribution is -2.07. The van der Waals surface area contributed by atoms with E-state index in [1.807, 2.05) is 35.0 Å². The van der Waals surface area contributed by atoms with E-state index >= 15 is 0 Å². The van der Waals surface area contributed by atoms with Crippen LogP contribution in [0.25, 0.3) is 16.8 Å². The molecule has 0 unspecified atom stereocenters. The van der Waals surface area contributed by atoms with E-state index in [4.69, 9.17) is 4.98 Å². The molecular weight excluding hydrogens is 370 g/mol. The van der Waals surface area contributed by atoms with Crippen LogP contribution in [0.5, 0.6) is 0 Å². The summed E-state index contributed by atoms with van der Waals surface area (Å²) in [6, 6.07) is 20.4. The molecule has 4 aromatic rings. The molecule has 4 rings (SSSR count). The van der Waals surface area contributed by atoms with E-state index in [2.05, 4.69) is 60.7 Å². The number of hydrogen-bond donors (Lipinski definition) is 1. The van der Waals surface area contributed by atoms with Crippen molar-refractivity contribution >= 4 is 11.5 Å². The van der Waals surface area contributed by atoms with Crippen LogP contribution in [0.3, 0.4) is 0 Å². The van der Waals surface area contributed by atoms with Gasteiger partial charge in [-0.05, 0) is 35.6 Å². The predicted octanol–water partition coefficient (Wildman–Crippen LogP) is 5.39. The molecule has 0 saturated carbocycles. The van der Waals surface area contributed by atoms with Crippen LogP contribution >= 0.6 is 0 Å². The third-order valence-corrected chi connectivity index (χ3v) is 5.27. The highest BCUT2D eigenvalue weighted by molar-refractivity contribution is 5.70. The molecule has 2 heterocycles. The lowest BCUT2D eigenvalue weighted by Gasteiger charge is -2.11. The van der Waals surface area contributed by atoms with E-state index in [9.17, 15) is 5.26 Å². The molecule has 0 fully saturated rings. The molecule has 0 atom stereocenters. The number of hydrogen-bond acceptors (Lipinski definition) is 4. The molecule has 2 aromatic carbocycles. The van der Waals surface area contributed by atoms with Crippen molar-refractivity contribution in [2.24, 2.45) is 0 Å². The first-order valence-electron chi connectivity index (χ1n) is 10.4. The summed E-state index contributed by atoms with van der Waals surface area (Å²) in [6.45, 7) is 4.98. The summed E-state index contributed by atoms with van der Waals surface area (Å²) >= 11 is 0. The molecule has 0 aliphatic heterocycles. The molecule has 5 nitrogen and oxygen atoms in total. The topological polar surface area (TPSA) is 66.0 Å². The van der Waals surface area contributed by atoms with Crippen molar-refractivity contribution < 1.29 is 0 Å². The predicted molar refractivity (Wildman–Crippen MR) is 120 cm³/mol. The summed E-state index contributed by atoms with van der Waals surface area (Å²) in [6.07, 6.45) is 4.87. The Balaban J connectivity index is 1.56.